The molecular weight excluding hydrogens is 228 g/mol. The van der Waals surface area contributed by atoms with Crippen LogP contribution in [0.15, 0.2) is 17.5 Å². The Balaban J connectivity index is 1.87. The molecule has 0 spiro atoms. The maximum absolute atomic E-state index is 3.51. The van der Waals surface area contributed by atoms with E-state index in [2.05, 4.69) is 41.6 Å². The molecule has 1 aromatic heterocycles. The summed E-state index contributed by atoms with van der Waals surface area (Å²) in [6.45, 7) is 9.39. The molecule has 3 heteroatoms. The van der Waals surface area contributed by atoms with Gasteiger partial charge in [0, 0.05) is 24.0 Å². The molecule has 96 valence electrons. The molecule has 0 amide bonds. The van der Waals surface area contributed by atoms with E-state index in [1.54, 1.807) is 0 Å². The van der Waals surface area contributed by atoms with Gasteiger partial charge in [-0.25, -0.2) is 0 Å². The van der Waals surface area contributed by atoms with Crippen molar-refractivity contribution >= 4 is 11.3 Å². The lowest BCUT2D eigenvalue weighted by Crippen LogP contribution is -2.40. The van der Waals surface area contributed by atoms with Crippen LogP contribution in [0.25, 0.3) is 0 Å². The van der Waals surface area contributed by atoms with Crippen LogP contribution in [0.1, 0.15) is 31.6 Å². The monoisotopic (exact) mass is 252 g/mol. The van der Waals surface area contributed by atoms with E-state index in [0.717, 1.165) is 12.5 Å². The number of piperidine rings is 1. The van der Waals surface area contributed by atoms with Gasteiger partial charge in [0.1, 0.15) is 0 Å². The molecule has 1 aliphatic heterocycles. The number of rotatable bonds is 5. The number of hydrogen-bond donors (Lipinski definition) is 1. The summed E-state index contributed by atoms with van der Waals surface area (Å²) in [4.78, 5) is 4.10. The summed E-state index contributed by atoms with van der Waals surface area (Å²) in [7, 11) is 0. The Morgan fingerprint density at radius 3 is 3.00 bits per heavy atom. The second-order valence-corrected chi connectivity index (χ2v) is 6.35. The molecule has 0 bridgehead atoms. The highest BCUT2D eigenvalue weighted by Crippen LogP contribution is 2.18. The average Bonchev–Trinajstić information content (AvgIpc) is 2.82. The molecule has 1 aromatic rings. The van der Waals surface area contributed by atoms with Gasteiger partial charge in [0.15, 0.2) is 0 Å². The lowest BCUT2D eigenvalue weighted by molar-refractivity contribution is 0.165. The Morgan fingerprint density at radius 2 is 2.41 bits per heavy atom. The quantitative estimate of drug-likeness (QED) is 0.867. The number of nitrogens with zero attached hydrogens (tertiary/aromatic N) is 1. The SMILES string of the molecule is CC(C)N(Cc1cccs1)C[C@@H]1CCCNC1. The summed E-state index contributed by atoms with van der Waals surface area (Å²) >= 11 is 1.87. The number of nitrogens with one attached hydrogen (secondary N) is 1. The highest BCUT2D eigenvalue weighted by Gasteiger charge is 2.19. The first-order valence-electron chi connectivity index (χ1n) is 6.73. The standard InChI is InChI=1S/C14H24N2S/c1-12(2)16(11-14-6-4-8-17-14)10-13-5-3-7-15-9-13/h4,6,8,12-13,15H,3,5,7,9-11H2,1-2H3/t13-/m1/s1. The third-order valence-corrected chi connectivity index (χ3v) is 4.42. The zero-order chi connectivity index (χ0) is 12.1. The fourth-order valence-corrected chi connectivity index (χ4v) is 3.20. The van der Waals surface area contributed by atoms with Gasteiger partial charge in [-0.3, -0.25) is 4.90 Å². The van der Waals surface area contributed by atoms with E-state index in [-0.39, 0.29) is 0 Å². The van der Waals surface area contributed by atoms with Crippen LogP contribution in [0.5, 0.6) is 0 Å². The van der Waals surface area contributed by atoms with Gasteiger partial charge in [0.2, 0.25) is 0 Å². The highest BCUT2D eigenvalue weighted by molar-refractivity contribution is 7.09. The Morgan fingerprint density at radius 1 is 1.53 bits per heavy atom. The Bertz CT molecular complexity index is 302. The molecule has 0 aliphatic carbocycles. The van der Waals surface area contributed by atoms with Crippen LogP contribution in [0.4, 0.5) is 0 Å². The van der Waals surface area contributed by atoms with Crippen LogP contribution in [-0.2, 0) is 6.54 Å². The van der Waals surface area contributed by atoms with Gasteiger partial charge >= 0.3 is 0 Å². The van der Waals surface area contributed by atoms with Crippen molar-refractivity contribution in [2.75, 3.05) is 19.6 Å². The second-order valence-electron chi connectivity index (χ2n) is 5.31. The first-order valence-corrected chi connectivity index (χ1v) is 7.61. The van der Waals surface area contributed by atoms with Crippen molar-refractivity contribution < 1.29 is 0 Å². The summed E-state index contributed by atoms with van der Waals surface area (Å²) < 4.78 is 0. The smallest absolute Gasteiger partial charge is 0.0330 e. The lowest BCUT2D eigenvalue weighted by Gasteiger charge is -2.32. The Labute approximate surface area is 109 Å². The first-order chi connectivity index (χ1) is 8.25. The van der Waals surface area contributed by atoms with E-state index >= 15 is 0 Å². The van der Waals surface area contributed by atoms with Crippen molar-refractivity contribution in [1.29, 1.82) is 0 Å². The van der Waals surface area contributed by atoms with Crippen molar-refractivity contribution in [2.24, 2.45) is 5.92 Å². The minimum Gasteiger partial charge on any atom is -0.316 e. The van der Waals surface area contributed by atoms with E-state index in [0.29, 0.717) is 6.04 Å². The van der Waals surface area contributed by atoms with Gasteiger partial charge in [0.05, 0.1) is 0 Å². The van der Waals surface area contributed by atoms with Gasteiger partial charge < -0.3 is 5.32 Å². The third kappa shape index (κ3) is 4.09. The number of hydrogen-bond acceptors (Lipinski definition) is 3. The predicted molar refractivity (Wildman–Crippen MR) is 75.5 cm³/mol. The van der Waals surface area contributed by atoms with Crippen molar-refractivity contribution in [1.82, 2.24) is 10.2 Å². The Hall–Kier alpha value is -0.380. The highest BCUT2D eigenvalue weighted by atomic mass is 32.1. The summed E-state index contributed by atoms with van der Waals surface area (Å²) in [6.07, 6.45) is 2.73. The first kappa shape index (κ1) is 13.1. The van der Waals surface area contributed by atoms with E-state index in [9.17, 15) is 0 Å². The van der Waals surface area contributed by atoms with Crippen LogP contribution in [0.3, 0.4) is 0 Å². The topological polar surface area (TPSA) is 15.3 Å². The summed E-state index contributed by atoms with van der Waals surface area (Å²) in [5.41, 5.74) is 0. The molecule has 1 aliphatic rings. The predicted octanol–water partition coefficient (Wildman–Crippen LogP) is 2.96. The molecule has 1 N–H and O–H groups in total. The maximum atomic E-state index is 3.51. The van der Waals surface area contributed by atoms with E-state index in [1.807, 2.05) is 11.3 Å². The molecule has 0 unspecified atom stereocenters. The van der Waals surface area contributed by atoms with Gasteiger partial charge in [-0.15, -0.1) is 11.3 Å². The summed E-state index contributed by atoms with van der Waals surface area (Å²) in [5.74, 6) is 0.839. The fourth-order valence-electron chi connectivity index (χ4n) is 2.47. The number of thiophene rings is 1. The molecule has 0 aromatic carbocycles. The molecule has 17 heavy (non-hydrogen) atoms. The molecule has 0 radical (unpaired) electrons. The molecule has 2 heterocycles. The molecule has 2 rings (SSSR count). The summed E-state index contributed by atoms with van der Waals surface area (Å²) in [6, 6.07) is 5.04. The van der Waals surface area contributed by atoms with Crippen LogP contribution in [0.2, 0.25) is 0 Å². The average molecular weight is 252 g/mol. The van der Waals surface area contributed by atoms with E-state index < -0.39 is 0 Å². The minimum atomic E-state index is 0.638. The summed E-state index contributed by atoms with van der Waals surface area (Å²) in [5, 5.41) is 5.69. The molecule has 1 saturated heterocycles. The minimum absolute atomic E-state index is 0.638. The van der Waals surface area contributed by atoms with Crippen molar-refractivity contribution in [3.63, 3.8) is 0 Å². The van der Waals surface area contributed by atoms with Gasteiger partial charge in [-0.1, -0.05) is 6.07 Å². The molecule has 1 atom stereocenters. The molecule has 2 nitrogen and oxygen atoms in total. The molecular formula is C14H24N2S. The Kier molecular flexibility index (Phi) is 5.01. The van der Waals surface area contributed by atoms with Crippen molar-refractivity contribution in [3.05, 3.63) is 22.4 Å². The van der Waals surface area contributed by atoms with Crippen molar-refractivity contribution in [2.45, 2.75) is 39.3 Å². The van der Waals surface area contributed by atoms with Crippen LogP contribution < -0.4 is 5.32 Å². The van der Waals surface area contributed by atoms with E-state index in [4.69, 9.17) is 0 Å². The normalized spacial score (nSPS) is 21.3. The van der Waals surface area contributed by atoms with Crippen LogP contribution in [0, 0.1) is 5.92 Å². The molecule has 1 fully saturated rings. The fraction of sp³-hybridized carbons (Fsp3) is 0.714. The maximum Gasteiger partial charge on any atom is 0.0330 e. The van der Waals surface area contributed by atoms with Gasteiger partial charge in [-0.05, 0) is 57.1 Å². The second kappa shape index (κ2) is 6.53. The molecule has 0 saturated carbocycles. The van der Waals surface area contributed by atoms with Crippen LogP contribution in [-0.4, -0.2) is 30.6 Å². The largest absolute Gasteiger partial charge is 0.316 e. The van der Waals surface area contributed by atoms with Crippen molar-refractivity contribution in [3.8, 4) is 0 Å². The lowest BCUT2D eigenvalue weighted by atomic mass is 9.98. The van der Waals surface area contributed by atoms with E-state index in [1.165, 1.54) is 37.4 Å². The van der Waals surface area contributed by atoms with Crippen LogP contribution >= 0.6 is 11.3 Å². The van der Waals surface area contributed by atoms with Gasteiger partial charge in [0.25, 0.3) is 0 Å². The zero-order valence-corrected chi connectivity index (χ0v) is 11.8. The zero-order valence-electron chi connectivity index (χ0n) is 11.0. The van der Waals surface area contributed by atoms with Gasteiger partial charge in [-0.2, -0.15) is 0 Å². The third-order valence-electron chi connectivity index (χ3n) is 3.56.